The summed E-state index contributed by atoms with van der Waals surface area (Å²) in [5, 5.41) is 0. The van der Waals surface area contributed by atoms with Crippen molar-refractivity contribution in [3.05, 3.63) is 36.1 Å². The molecule has 2 nitrogen and oxygen atoms in total. The van der Waals surface area contributed by atoms with Crippen molar-refractivity contribution in [2.75, 3.05) is 0 Å². The monoisotopic (exact) mass is 613 g/mol. The molecule has 0 aromatic rings. The van der Waals surface area contributed by atoms with E-state index in [-0.39, 0.29) is 11.9 Å². The predicted molar refractivity (Wildman–Crippen MR) is 195 cm³/mol. The van der Waals surface area contributed by atoms with E-state index in [0.29, 0.717) is 0 Å². The molecular formula is C42H76O2. The van der Waals surface area contributed by atoms with Crippen LogP contribution < -0.4 is 0 Å². The minimum absolute atomic E-state index is 0.0148. The van der Waals surface area contributed by atoms with Crippen molar-refractivity contribution in [2.24, 2.45) is 5.92 Å². The van der Waals surface area contributed by atoms with Gasteiger partial charge in [-0.2, -0.15) is 0 Å². The Labute approximate surface area is 276 Å². The van der Waals surface area contributed by atoms with Gasteiger partial charge in [0.2, 0.25) is 0 Å². The summed E-state index contributed by atoms with van der Waals surface area (Å²) in [4.78, 5) is 12.0. The molecule has 1 aliphatic rings. The summed E-state index contributed by atoms with van der Waals surface area (Å²) < 4.78 is 5.38. The van der Waals surface area contributed by atoms with Crippen molar-refractivity contribution >= 4 is 5.97 Å². The number of hydrogen-bond acceptors (Lipinski definition) is 2. The predicted octanol–water partition coefficient (Wildman–Crippen LogP) is 14.7. The number of ether oxygens (including phenoxy) is 1. The Hall–Kier alpha value is -1.31. The molecule has 44 heavy (non-hydrogen) atoms. The zero-order valence-corrected chi connectivity index (χ0v) is 29.9. The highest BCUT2D eigenvalue weighted by Gasteiger charge is 2.36. The van der Waals surface area contributed by atoms with Gasteiger partial charge in [-0.15, -0.1) is 0 Å². The van der Waals surface area contributed by atoms with Gasteiger partial charge in [-0.25, -0.2) is 0 Å². The molecule has 0 radical (unpaired) electrons. The molecule has 0 aliphatic carbocycles. The molecule has 1 fully saturated rings. The van der Waals surface area contributed by atoms with Crippen LogP contribution >= 0.6 is 0 Å². The Kier molecular flexibility index (Phi) is 30.6. The minimum Gasteiger partial charge on any atom is -0.430 e. The van der Waals surface area contributed by atoms with E-state index >= 15 is 0 Å². The maximum absolute atomic E-state index is 12.0. The molecule has 0 bridgehead atoms. The summed E-state index contributed by atoms with van der Waals surface area (Å²) >= 11 is 0. The number of unbranched alkanes of at least 4 members (excludes halogenated alkanes) is 27. The lowest BCUT2D eigenvalue weighted by Crippen LogP contribution is -2.32. The first kappa shape index (κ1) is 40.7. The molecule has 0 aromatic carbocycles. The van der Waals surface area contributed by atoms with E-state index < -0.39 is 0 Å². The molecule has 2 heteroatoms. The van der Waals surface area contributed by atoms with Crippen LogP contribution in [0, 0.1) is 5.92 Å². The lowest BCUT2D eigenvalue weighted by molar-refractivity contribution is -0.157. The Balaban J connectivity index is 1.84. The third kappa shape index (κ3) is 26.0. The fourth-order valence-electron chi connectivity index (χ4n) is 6.35. The van der Waals surface area contributed by atoms with Crippen molar-refractivity contribution < 1.29 is 9.53 Å². The Morgan fingerprint density at radius 1 is 0.432 bits per heavy atom. The van der Waals surface area contributed by atoms with Crippen LogP contribution in [0.4, 0.5) is 0 Å². The van der Waals surface area contributed by atoms with E-state index in [1.165, 1.54) is 186 Å². The van der Waals surface area contributed by atoms with Crippen molar-refractivity contribution in [3.63, 3.8) is 0 Å². The van der Waals surface area contributed by atoms with Gasteiger partial charge in [-0.3, -0.25) is 4.79 Å². The number of allylic oxidation sites excluding steroid dienone is 5. The van der Waals surface area contributed by atoms with Gasteiger partial charge in [0.25, 0.3) is 0 Å². The van der Waals surface area contributed by atoms with E-state index in [2.05, 4.69) is 44.2 Å². The van der Waals surface area contributed by atoms with Gasteiger partial charge in [0, 0.05) is 0 Å². The second-order valence-corrected chi connectivity index (χ2v) is 13.7. The summed E-state index contributed by atoms with van der Waals surface area (Å²) in [6, 6.07) is 0. The molecule has 0 spiro atoms. The molecule has 1 rings (SSSR count). The normalized spacial score (nSPS) is 16.0. The van der Waals surface area contributed by atoms with E-state index in [9.17, 15) is 4.79 Å². The van der Waals surface area contributed by atoms with Crippen molar-refractivity contribution in [1.82, 2.24) is 0 Å². The molecule has 1 atom stereocenters. The first-order valence-electron chi connectivity index (χ1n) is 20.0. The van der Waals surface area contributed by atoms with Crippen LogP contribution in [-0.2, 0) is 9.53 Å². The fraction of sp³-hybridized carbons (Fsp3) is 0.833. The highest BCUT2D eigenvalue weighted by Crippen LogP contribution is 2.32. The minimum atomic E-state index is 0.0148. The number of rotatable bonds is 34. The molecule has 0 aromatic heterocycles. The summed E-state index contributed by atoms with van der Waals surface area (Å²) in [5.74, 6) is 1.07. The molecule has 0 saturated carbocycles. The van der Waals surface area contributed by atoms with E-state index in [1.54, 1.807) is 0 Å². The van der Waals surface area contributed by atoms with Gasteiger partial charge in [0.05, 0.1) is 0 Å². The molecule has 1 heterocycles. The fourth-order valence-corrected chi connectivity index (χ4v) is 6.35. The highest BCUT2D eigenvalue weighted by molar-refractivity contribution is 5.82. The Morgan fingerprint density at radius 3 is 1.11 bits per heavy atom. The van der Waals surface area contributed by atoms with E-state index in [0.717, 1.165) is 25.0 Å². The van der Waals surface area contributed by atoms with Gasteiger partial charge in [0.1, 0.15) is 11.7 Å². The molecule has 0 N–H and O–H groups in total. The Bertz CT molecular complexity index is 703. The van der Waals surface area contributed by atoms with Crippen LogP contribution in [-0.4, -0.2) is 5.97 Å². The summed E-state index contributed by atoms with van der Waals surface area (Å²) in [7, 11) is 0. The molecule has 1 unspecified atom stereocenters. The van der Waals surface area contributed by atoms with Crippen molar-refractivity contribution in [1.29, 1.82) is 0 Å². The number of cyclic esters (lactones) is 1. The summed E-state index contributed by atoms with van der Waals surface area (Å²) in [6.07, 6.45) is 54.2. The Morgan fingerprint density at radius 2 is 0.750 bits per heavy atom. The third-order valence-corrected chi connectivity index (χ3v) is 9.41. The average molecular weight is 613 g/mol. The zero-order valence-electron chi connectivity index (χ0n) is 29.9. The summed E-state index contributed by atoms with van der Waals surface area (Å²) in [5.41, 5.74) is 0. The number of esters is 1. The first-order valence-corrected chi connectivity index (χ1v) is 20.0. The second kappa shape index (κ2) is 33.1. The van der Waals surface area contributed by atoms with Crippen molar-refractivity contribution in [3.8, 4) is 0 Å². The molecule has 1 saturated heterocycles. The van der Waals surface area contributed by atoms with Gasteiger partial charge in [-0.05, 0) is 76.7 Å². The first-order chi connectivity index (χ1) is 21.8. The molecule has 1 aliphatic heterocycles. The van der Waals surface area contributed by atoms with Crippen molar-refractivity contribution in [2.45, 2.75) is 219 Å². The topological polar surface area (TPSA) is 26.3 Å². The number of carbonyl (C=O) groups excluding carboxylic acids is 1. The maximum Gasteiger partial charge on any atom is 0.321 e. The number of carbonyl (C=O) groups is 1. The lowest BCUT2D eigenvalue weighted by atomic mass is 9.93. The quantitative estimate of drug-likeness (QED) is 0.0410. The summed E-state index contributed by atoms with van der Waals surface area (Å²) in [6.45, 7) is 4.56. The third-order valence-electron chi connectivity index (χ3n) is 9.41. The largest absolute Gasteiger partial charge is 0.430 e. The van der Waals surface area contributed by atoms with Crippen LogP contribution in [0.5, 0.6) is 0 Å². The van der Waals surface area contributed by atoms with Gasteiger partial charge in [0.15, 0.2) is 0 Å². The highest BCUT2D eigenvalue weighted by atomic mass is 16.6. The SMILES string of the molecule is CCCCCC/C=C/CCCCCCCCCCC/C=C1/OC(=O)C1CCCCCCCCCCC/C=C/CCCCCC. The molecular weight excluding hydrogens is 536 g/mol. The smallest absolute Gasteiger partial charge is 0.321 e. The van der Waals surface area contributed by atoms with Crippen LogP contribution in [0.15, 0.2) is 36.1 Å². The van der Waals surface area contributed by atoms with Gasteiger partial charge < -0.3 is 4.74 Å². The van der Waals surface area contributed by atoms with Crippen LogP contribution in [0.25, 0.3) is 0 Å². The molecule has 256 valence electrons. The zero-order chi connectivity index (χ0) is 31.6. The van der Waals surface area contributed by atoms with Gasteiger partial charge in [-0.1, -0.05) is 173 Å². The standard InChI is InChI=1S/C42H76O2/c1-3-5-7-9-11-13-15-17-19-21-23-25-27-29-31-33-35-37-39-41-40(42(43)44-41)38-36-34-32-30-28-26-24-22-20-18-16-14-12-10-8-6-4-2/h13-16,39-40H,3-12,17-38H2,1-2H3/b15-13+,16-14+,41-39+. The second-order valence-electron chi connectivity index (χ2n) is 13.7. The van der Waals surface area contributed by atoms with Crippen LogP contribution in [0.2, 0.25) is 0 Å². The number of hydrogen-bond donors (Lipinski definition) is 0. The van der Waals surface area contributed by atoms with Crippen LogP contribution in [0.1, 0.15) is 219 Å². The van der Waals surface area contributed by atoms with Gasteiger partial charge >= 0.3 is 5.97 Å². The van der Waals surface area contributed by atoms with E-state index in [4.69, 9.17) is 4.74 Å². The average Bonchev–Trinajstić information content (AvgIpc) is 3.03. The molecule has 0 amide bonds. The lowest BCUT2D eigenvalue weighted by Gasteiger charge is -2.28. The maximum atomic E-state index is 12.0. The van der Waals surface area contributed by atoms with E-state index in [1.807, 2.05) is 0 Å². The van der Waals surface area contributed by atoms with Crippen LogP contribution in [0.3, 0.4) is 0 Å².